The van der Waals surface area contributed by atoms with Gasteiger partial charge in [-0.3, -0.25) is 19.9 Å². The van der Waals surface area contributed by atoms with Gasteiger partial charge in [0.15, 0.2) is 5.15 Å². The highest BCUT2D eigenvalue weighted by Crippen LogP contribution is 2.34. The van der Waals surface area contributed by atoms with Crippen molar-refractivity contribution in [3.63, 3.8) is 0 Å². The summed E-state index contributed by atoms with van der Waals surface area (Å²) in [5.41, 5.74) is 5.31. The van der Waals surface area contributed by atoms with Gasteiger partial charge in [-0.05, 0) is 31.0 Å². The summed E-state index contributed by atoms with van der Waals surface area (Å²) in [6, 6.07) is 8.76. The third-order valence-electron chi connectivity index (χ3n) is 5.93. The lowest BCUT2D eigenvalue weighted by atomic mass is 9.93. The van der Waals surface area contributed by atoms with Gasteiger partial charge in [-0.1, -0.05) is 44.0 Å². The highest BCUT2D eigenvalue weighted by Gasteiger charge is 2.32. The Bertz CT molecular complexity index is 1240. The van der Waals surface area contributed by atoms with Crippen LogP contribution in [0.3, 0.4) is 0 Å². The first-order valence-electron chi connectivity index (χ1n) is 11.6. The van der Waals surface area contributed by atoms with Gasteiger partial charge in [-0.2, -0.15) is 5.10 Å². The van der Waals surface area contributed by atoms with Crippen LogP contribution in [-0.2, 0) is 13.0 Å². The van der Waals surface area contributed by atoms with Crippen LogP contribution >= 0.6 is 11.6 Å². The zero-order chi connectivity index (χ0) is 24.2. The van der Waals surface area contributed by atoms with Gasteiger partial charge in [-0.15, -0.1) is 0 Å². The van der Waals surface area contributed by atoms with Crippen LogP contribution in [0.1, 0.15) is 65.3 Å². The number of imide groups is 1. The van der Waals surface area contributed by atoms with E-state index in [1.54, 1.807) is 30.5 Å². The Morgan fingerprint density at radius 3 is 2.56 bits per heavy atom. The molecule has 4 rings (SSSR count). The molecule has 1 aromatic heterocycles. The molecule has 0 bridgehead atoms. The Morgan fingerprint density at radius 1 is 1.09 bits per heavy atom. The summed E-state index contributed by atoms with van der Waals surface area (Å²) in [6.45, 7) is 4.73. The van der Waals surface area contributed by atoms with E-state index in [0.717, 1.165) is 48.6 Å². The minimum Gasteiger partial charge on any atom is -0.395 e. The summed E-state index contributed by atoms with van der Waals surface area (Å²) in [6.07, 6.45) is 5.59. The third-order valence-corrected chi connectivity index (χ3v) is 6.21. The monoisotopic (exact) mass is 481 g/mol. The lowest BCUT2D eigenvalue weighted by Crippen LogP contribution is -2.41. The number of carbonyl (C=O) groups excluding carboxylic acids is 2. The first-order valence-corrected chi connectivity index (χ1v) is 12.0. The van der Waals surface area contributed by atoms with Crippen molar-refractivity contribution >= 4 is 46.1 Å². The first-order chi connectivity index (χ1) is 16.5. The zero-order valence-corrected chi connectivity index (χ0v) is 20.1. The van der Waals surface area contributed by atoms with Crippen molar-refractivity contribution in [2.45, 2.75) is 46.1 Å². The van der Waals surface area contributed by atoms with Gasteiger partial charge in [0, 0.05) is 34.9 Å². The van der Waals surface area contributed by atoms with Gasteiger partial charge < -0.3 is 9.67 Å². The second-order valence-electron chi connectivity index (χ2n) is 8.20. The number of aliphatic hydroxyl groups excluding tert-OH is 1. The molecule has 0 atom stereocenters. The first kappa shape index (κ1) is 23.9. The molecule has 0 spiro atoms. The van der Waals surface area contributed by atoms with Crippen LogP contribution in [0.15, 0.2) is 35.4 Å². The van der Waals surface area contributed by atoms with Crippen molar-refractivity contribution < 1.29 is 14.7 Å². The highest BCUT2D eigenvalue weighted by molar-refractivity contribution is 6.31. The third kappa shape index (κ3) is 4.31. The molecule has 1 aliphatic rings. The average Bonchev–Trinajstić information content (AvgIpc) is 3.13. The number of aliphatic hydroxyl groups is 1. The largest absolute Gasteiger partial charge is 0.395 e. The smallest absolute Gasteiger partial charge is 0.261 e. The average molecular weight is 482 g/mol. The summed E-state index contributed by atoms with van der Waals surface area (Å²) in [5, 5.41) is 15.4. The van der Waals surface area contributed by atoms with Gasteiger partial charge in [0.25, 0.3) is 11.8 Å². The molecule has 2 heterocycles. The molecule has 0 radical (unpaired) electrons. The fourth-order valence-corrected chi connectivity index (χ4v) is 4.56. The van der Waals surface area contributed by atoms with E-state index >= 15 is 0 Å². The second-order valence-corrected chi connectivity index (χ2v) is 8.56. The summed E-state index contributed by atoms with van der Waals surface area (Å²) < 4.78 is 2.11. The van der Waals surface area contributed by atoms with E-state index in [1.807, 2.05) is 6.07 Å². The Kier molecular flexibility index (Phi) is 7.29. The molecule has 8 nitrogen and oxygen atoms in total. The van der Waals surface area contributed by atoms with Crippen LogP contribution in [0.5, 0.6) is 0 Å². The number of amides is 2. The number of hydrogen-bond donors (Lipinski definition) is 2. The van der Waals surface area contributed by atoms with Crippen LogP contribution in [0, 0.1) is 0 Å². The second kappa shape index (κ2) is 10.4. The molecule has 0 saturated heterocycles. The van der Waals surface area contributed by atoms with Crippen molar-refractivity contribution in [3.05, 3.63) is 58.1 Å². The molecular formula is C25H28ClN5O3. The molecule has 2 amide bonds. The highest BCUT2D eigenvalue weighted by atomic mass is 35.5. The van der Waals surface area contributed by atoms with Crippen LogP contribution < -0.4 is 5.43 Å². The van der Waals surface area contributed by atoms with E-state index in [9.17, 15) is 14.7 Å². The topological polar surface area (TPSA) is 99.8 Å². The van der Waals surface area contributed by atoms with Crippen molar-refractivity contribution in [2.75, 3.05) is 18.6 Å². The molecular weight excluding hydrogens is 454 g/mol. The number of anilines is 1. The summed E-state index contributed by atoms with van der Waals surface area (Å²) in [7, 11) is 0. The Balaban J connectivity index is 1.67. The molecule has 0 unspecified atom stereocenters. The number of nitrogens with zero attached hydrogens (tertiary/aromatic N) is 4. The molecule has 0 aliphatic carbocycles. The van der Waals surface area contributed by atoms with Crippen LogP contribution in [0.4, 0.5) is 5.69 Å². The van der Waals surface area contributed by atoms with Crippen LogP contribution in [-0.4, -0.2) is 50.7 Å². The number of nitrogens with one attached hydrogen (secondary N) is 1. The summed E-state index contributed by atoms with van der Waals surface area (Å²) >= 11 is 6.43. The summed E-state index contributed by atoms with van der Waals surface area (Å²) in [5.74, 6) is 0.140. The SMILES string of the molecule is CCCCc1nc(Cl)c(/C=N/Nc2ccc3c4c(cccc24)C(=O)N(CCO)C3=O)n1CCC. The lowest BCUT2D eigenvalue weighted by molar-refractivity contribution is 0.0580. The minimum absolute atomic E-state index is 0.0375. The molecule has 9 heteroatoms. The van der Waals surface area contributed by atoms with Crippen molar-refractivity contribution in [3.8, 4) is 0 Å². The number of imidazole rings is 1. The van der Waals surface area contributed by atoms with Crippen molar-refractivity contribution in [1.29, 1.82) is 0 Å². The lowest BCUT2D eigenvalue weighted by Gasteiger charge is -2.27. The van der Waals surface area contributed by atoms with E-state index < -0.39 is 11.8 Å². The Morgan fingerprint density at radius 2 is 1.85 bits per heavy atom. The van der Waals surface area contributed by atoms with Gasteiger partial charge >= 0.3 is 0 Å². The normalized spacial score (nSPS) is 13.5. The molecule has 3 aromatic rings. The van der Waals surface area contributed by atoms with Crippen LogP contribution in [0.25, 0.3) is 10.8 Å². The quantitative estimate of drug-likeness (QED) is 0.253. The molecule has 34 heavy (non-hydrogen) atoms. The van der Waals surface area contributed by atoms with Crippen LogP contribution in [0.2, 0.25) is 5.15 Å². The maximum Gasteiger partial charge on any atom is 0.261 e. The van der Waals surface area contributed by atoms with E-state index in [4.69, 9.17) is 11.6 Å². The maximum atomic E-state index is 12.8. The van der Waals surface area contributed by atoms with Gasteiger partial charge in [0.2, 0.25) is 0 Å². The number of halogens is 1. The number of unbranched alkanes of at least 4 members (excludes halogenated alkanes) is 1. The molecule has 0 fully saturated rings. The summed E-state index contributed by atoms with van der Waals surface area (Å²) in [4.78, 5) is 31.3. The van der Waals surface area contributed by atoms with E-state index in [0.29, 0.717) is 32.7 Å². The van der Waals surface area contributed by atoms with E-state index in [-0.39, 0.29) is 13.2 Å². The molecule has 0 saturated carbocycles. The van der Waals surface area contributed by atoms with Crippen molar-refractivity contribution in [2.24, 2.45) is 5.10 Å². The van der Waals surface area contributed by atoms with Gasteiger partial charge in [0.1, 0.15) is 11.5 Å². The number of benzene rings is 2. The zero-order valence-electron chi connectivity index (χ0n) is 19.3. The number of rotatable bonds is 10. The maximum absolute atomic E-state index is 12.8. The number of hydrazone groups is 1. The Hall–Kier alpha value is -3.23. The fourth-order valence-electron chi connectivity index (χ4n) is 4.31. The molecule has 2 N–H and O–H groups in total. The van der Waals surface area contributed by atoms with E-state index in [2.05, 4.69) is 33.9 Å². The standard InChI is InChI=1S/C25H28ClN5O3/c1-3-5-9-21-28-23(26)20(30(21)12-4-2)15-27-29-19-11-10-18-22-16(19)7-6-8-17(22)24(33)31(13-14-32)25(18)34/h6-8,10-11,15,29,32H,3-5,9,12-14H2,1-2H3/b27-15+. The predicted octanol–water partition coefficient (Wildman–Crippen LogP) is 4.48. The van der Waals surface area contributed by atoms with Crippen molar-refractivity contribution in [1.82, 2.24) is 14.5 Å². The minimum atomic E-state index is -0.410. The number of hydrogen-bond acceptors (Lipinski definition) is 6. The molecule has 2 aromatic carbocycles. The predicted molar refractivity (Wildman–Crippen MR) is 134 cm³/mol. The fraction of sp³-hybridized carbons (Fsp3) is 0.360. The van der Waals surface area contributed by atoms with Gasteiger partial charge in [0.05, 0.1) is 25.1 Å². The number of aromatic nitrogens is 2. The number of carbonyl (C=O) groups is 2. The van der Waals surface area contributed by atoms with E-state index in [1.165, 1.54) is 0 Å². The number of β-amino-alcohol motifs (C(OH)–C–C–N with tert-alkyl or cyclic N) is 1. The Labute approximate surface area is 203 Å². The molecule has 178 valence electrons. The molecule has 1 aliphatic heterocycles. The van der Waals surface area contributed by atoms with Gasteiger partial charge in [-0.25, -0.2) is 4.98 Å². The number of aryl methyl sites for hydroxylation is 1.